The second-order valence-electron chi connectivity index (χ2n) is 8.06. The molecule has 1 aliphatic heterocycles. The number of nitrogens with zero attached hydrogens (tertiary/aromatic N) is 3. The Labute approximate surface area is 177 Å². The van der Waals surface area contributed by atoms with Crippen LogP contribution in [0.3, 0.4) is 0 Å². The van der Waals surface area contributed by atoms with Crippen LogP contribution in [-0.4, -0.2) is 60.7 Å². The normalized spacial score (nSPS) is 19.0. The highest BCUT2D eigenvalue weighted by Crippen LogP contribution is 2.38. The number of piperazine rings is 1. The van der Waals surface area contributed by atoms with E-state index in [1.54, 1.807) is 10.4 Å². The molecule has 0 spiro atoms. The predicted molar refractivity (Wildman–Crippen MR) is 115 cm³/mol. The third-order valence-corrected chi connectivity index (χ3v) is 9.57. The van der Waals surface area contributed by atoms with Crippen LogP contribution in [0.25, 0.3) is 0 Å². The second kappa shape index (κ2) is 7.98. The number of hydrogen-bond donors (Lipinski definition) is 0. The number of carbonyl (C=O) groups is 1. The van der Waals surface area contributed by atoms with Gasteiger partial charge in [0.2, 0.25) is 0 Å². The number of hydrogen-bond acceptors (Lipinski definition) is 5. The number of rotatable bonds is 7. The molecule has 0 bridgehead atoms. The largest absolute Gasteiger partial charge is 0.345 e. The van der Waals surface area contributed by atoms with E-state index in [0.29, 0.717) is 43.0 Å². The molecule has 2 aromatic rings. The molecule has 4 rings (SSSR count). The summed E-state index contributed by atoms with van der Waals surface area (Å²) in [6.07, 6.45) is 3.24. The molecule has 2 aliphatic rings. The first-order valence-electron chi connectivity index (χ1n) is 10.3. The lowest BCUT2D eigenvalue weighted by Gasteiger charge is -2.33. The van der Waals surface area contributed by atoms with Gasteiger partial charge in [-0.2, -0.15) is 4.31 Å². The zero-order valence-electron chi connectivity index (χ0n) is 17.3. The Balaban J connectivity index is 1.37. The van der Waals surface area contributed by atoms with E-state index in [1.165, 1.54) is 24.2 Å². The third kappa shape index (κ3) is 4.08. The summed E-state index contributed by atoms with van der Waals surface area (Å²) in [5, 5.41) is 0. The molecule has 0 radical (unpaired) electrons. The maximum Gasteiger partial charge on any atom is 0.252 e. The van der Waals surface area contributed by atoms with Gasteiger partial charge in [-0.3, -0.25) is 9.69 Å². The summed E-state index contributed by atoms with van der Waals surface area (Å²) in [5.41, 5.74) is 3.04. The van der Waals surface area contributed by atoms with Crippen molar-refractivity contribution in [2.45, 2.75) is 50.3 Å². The number of Topliss-reactive ketones (excluding diaryl/α,β-unsaturated/α-hetero) is 1. The van der Waals surface area contributed by atoms with Gasteiger partial charge in [0.25, 0.3) is 10.0 Å². The maximum absolute atomic E-state index is 12.9. The fourth-order valence-corrected chi connectivity index (χ4v) is 7.06. The first-order chi connectivity index (χ1) is 13.8. The van der Waals surface area contributed by atoms with Crippen molar-refractivity contribution in [2.24, 2.45) is 0 Å². The SMILES string of the molecule is CCc1ccc(S(=O)(=O)N2CCN(CC(=O)c3cc(C)n(C4CC4)c3C)CC2)s1. The van der Waals surface area contributed by atoms with Gasteiger partial charge in [-0.1, -0.05) is 6.92 Å². The van der Waals surface area contributed by atoms with Gasteiger partial charge in [0.15, 0.2) is 5.78 Å². The van der Waals surface area contributed by atoms with E-state index in [0.717, 1.165) is 28.2 Å². The van der Waals surface area contributed by atoms with Crippen LogP contribution in [0.2, 0.25) is 0 Å². The molecule has 0 unspecified atom stereocenters. The molecule has 1 saturated heterocycles. The Kier molecular flexibility index (Phi) is 5.72. The number of aryl methyl sites for hydroxylation is 2. The molecule has 1 saturated carbocycles. The minimum Gasteiger partial charge on any atom is -0.345 e. The second-order valence-corrected chi connectivity index (χ2v) is 11.4. The Hall–Kier alpha value is -1.48. The predicted octanol–water partition coefficient (Wildman–Crippen LogP) is 3.25. The molecule has 2 aromatic heterocycles. The van der Waals surface area contributed by atoms with Crippen molar-refractivity contribution in [1.29, 1.82) is 0 Å². The number of thiophene rings is 1. The average Bonchev–Trinajstić information content (AvgIpc) is 3.30. The summed E-state index contributed by atoms with van der Waals surface area (Å²) in [6.45, 7) is 8.50. The fraction of sp³-hybridized carbons (Fsp3) is 0.571. The smallest absolute Gasteiger partial charge is 0.252 e. The summed E-state index contributed by atoms with van der Waals surface area (Å²) >= 11 is 1.36. The number of aromatic nitrogens is 1. The van der Waals surface area contributed by atoms with Gasteiger partial charge >= 0.3 is 0 Å². The van der Waals surface area contributed by atoms with Crippen LogP contribution in [-0.2, 0) is 16.4 Å². The summed E-state index contributed by atoms with van der Waals surface area (Å²) in [5.74, 6) is 0.132. The van der Waals surface area contributed by atoms with Crippen molar-refractivity contribution in [2.75, 3.05) is 32.7 Å². The molecule has 0 amide bonds. The van der Waals surface area contributed by atoms with Crippen LogP contribution in [0, 0.1) is 13.8 Å². The molecule has 29 heavy (non-hydrogen) atoms. The molecule has 0 N–H and O–H groups in total. The zero-order chi connectivity index (χ0) is 20.8. The van der Waals surface area contributed by atoms with Crippen molar-refractivity contribution in [1.82, 2.24) is 13.8 Å². The molecular weight excluding hydrogens is 406 g/mol. The monoisotopic (exact) mass is 435 g/mol. The van der Waals surface area contributed by atoms with Gasteiger partial charge in [-0.25, -0.2) is 8.42 Å². The number of carbonyl (C=O) groups excluding carboxylic acids is 1. The van der Waals surface area contributed by atoms with Crippen molar-refractivity contribution < 1.29 is 13.2 Å². The quantitative estimate of drug-likeness (QED) is 0.627. The summed E-state index contributed by atoms with van der Waals surface area (Å²) in [7, 11) is -3.43. The average molecular weight is 436 g/mol. The Morgan fingerprint density at radius 2 is 1.83 bits per heavy atom. The summed E-state index contributed by atoms with van der Waals surface area (Å²) in [6, 6.07) is 6.18. The topological polar surface area (TPSA) is 62.6 Å². The number of sulfonamides is 1. The molecule has 6 nitrogen and oxygen atoms in total. The highest BCUT2D eigenvalue weighted by atomic mass is 32.2. The van der Waals surface area contributed by atoms with E-state index >= 15 is 0 Å². The van der Waals surface area contributed by atoms with Gasteiger partial charge in [0.1, 0.15) is 4.21 Å². The van der Waals surface area contributed by atoms with Crippen LogP contribution in [0.15, 0.2) is 22.4 Å². The van der Waals surface area contributed by atoms with E-state index in [9.17, 15) is 13.2 Å². The highest BCUT2D eigenvalue weighted by Gasteiger charge is 2.32. The van der Waals surface area contributed by atoms with Gasteiger partial charge in [-0.05, 0) is 51.3 Å². The van der Waals surface area contributed by atoms with Crippen molar-refractivity contribution in [3.8, 4) is 0 Å². The van der Waals surface area contributed by atoms with E-state index in [1.807, 2.05) is 26.0 Å². The lowest BCUT2D eigenvalue weighted by Crippen LogP contribution is -2.49. The van der Waals surface area contributed by atoms with E-state index < -0.39 is 10.0 Å². The Bertz CT molecular complexity index is 1010. The van der Waals surface area contributed by atoms with E-state index in [-0.39, 0.29) is 5.78 Å². The van der Waals surface area contributed by atoms with Crippen LogP contribution in [0.1, 0.15) is 52.4 Å². The molecule has 0 aromatic carbocycles. The van der Waals surface area contributed by atoms with Crippen molar-refractivity contribution in [3.05, 3.63) is 40.0 Å². The molecule has 0 atom stereocenters. The highest BCUT2D eigenvalue weighted by molar-refractivity contribution is 7.91. The maximum atomic E-state index is 12.9. The van der Waals surface area contributed by atoms with E-state index in [2.05, 4.69) is 16.4 Å². The molecular formula is C21H29N3O3S2. The molecule has 2 fully saturated rings. The standard InChI is InChI=1S/C21H29N3O3S2/c1-4-18-7-8-21(28-18)29(26,27)23-11-9-22(10-12-23)14-20(25)19-13-15(2)24(16(19)3)17-5-6-17/h7-8,13,17H,4-6,9-12,14H2,1-3H3. The van der Waals surface area contributed by atoms with Gasteiger partial charge in [0.05, 0.1) is 6.54 Å². The first-order valence-corrected chi connectivity index (χ1v) is 12.6. The Morgan fingerprint density at radius 1 is 1.14 bits per heavy atom. The van der Waals surface area contributed by atoms with E-state index in [4.69, 9.17) is 0 Å². The molecule has 1 aliphatic carbocycles. The lowest BCUT2D eigenvalue weighted by atomic mass is 10.1. The first kappa shape index (κ1) is 20.8. The number of ketones is 1. The molecule has 8 heteroatoms. The minimum atomic E-state index is -3.43. The Morgan fingerprint density at radius 3 is 2.41 bits per heavy atom. The van der Waals surface area contributed by atoms with Gasteiger partial charge < -0.3 is 4.57 Å². The zero-order valence-corrected chi connectivity index (χ0v) is 19.0. The van der Waals surface area contributed by atoms with Crippen LogP contribution in [0.5, 0.6) is 0 Å². The van der Waals surface area contributed by atoms with Crippen LogP contribution >= 0.6 is 11.3 Å². The van der Waals surface area contributed by atoms with Crippen molar-refractivity contribution in [3.63, 3.8) is 0 Å². The third-order valence-electron chi connectivity index (χ3n) is 5.97. The van der Waals surface area contributed by atoms with Gasteiger partial charge in [0, 0.05) is 54.0 Å². The molecule has 3 heterocycles. The van der Waals surface area contributed by atoms with Crippen LogP contribution in [0.4, 0.5) is 0 Å². The minimum absolute atomic E-state index is 0.132. The summed E-state index contributed by atoms with van der Waals surface area (Å²) < 4.78 is 30.0. The fourth-order valence-electron chi connectivity index (χ4n) is 4.18. The van der Waals surface area contributed by atoms with Crippen molar-refractivity contribution >= 4 is 27.1 Å². The lowest BCUT2D eigenvalue weighted by molar-refractivity contribution is 0.0901. The van der Waals surface area contributed by atoms with Crippen LogP contribution < -0.4 is 0 Å². The molecule has 158 valence electrons. The van der Waals surface area contributed by atoms with Gasteiger partial charge in [-0.15, -0.1) is 11.3 Å². The summed E-state index contributed by atoms with van der Waals surface area (Å²) in [4.78, 5) is 16.0.